The van der Waals surface area contributed by atoms with Crippen LogP contribution in [0.5, 0.6) is 0 Å². The van der Waals surface area contributed by atoms with Gasteiger partial charge < -0.3 is 5.11 Å². The maximum atomic E-state index is 12.2. The number of anilines is 1. The third-order valence-corrected chi connectivity index (χ3v) is 7.15. The topological polar surface area (TPSA) is 127 Å². The minimum atomic E-state index is -3.52. The molecule has 0 aliphatic heterocycles. The monoisotopic (exact) mass is 446 g/mol. The van der Waals surface area contributed by atoms with Crippen LogP contribution < -0.4 is 4.72 Å². The van der Waals surface area contributed by atoms with E-state index in [0.717, 1.165) is 0 Å². The summed E-state index contributed by atoms with van der Waals surface area (Å²) in [5, 5.41) is 22.0. The van der Waals surface area contributed by atoms with Crippen molar-refractivity contribution in [3.05, 3.63) is 69.6 Å². The Hall–Kier alpha value is -3.24. The van der Waals surface area contributed by atoms with Crippen LogP contribution in [0.15, 0.2) is 53.9 Å². The number of nitrogens with zero attached hydrogens (tertiary/aromatic N) is 1. The highest BCUT2D eigenvalue weighted by Crippen LogP contribution is 2.38. The number of nitro benzene ring substituents is 1. The molecule has 156 valence electrons. The molecule has 10 heteroatoms. The highest BCUT2D eigenvalue weighted by Gasteiger charge is 2.23. The Morgan fingerprint density at radius 3 is 2.30 bits per heavy atom. The number of carboxylic acid groups (broad SMARTS) is 1. The molecular formula is C20H18N2O6S2. The van der Waals surface area contributed by atoms with Crippen LogP contribution in [-0.2, 0) is 10.0 Å². The number of nitro groups is 1. The van der Waals surface area contributed by atoms with Gasteiger partial charge in [-0.05, 0) is 42.5 Å². The van der Waals surface area contributed by atoms with E-state index in [4.69, 9.17) is 0 Å². The van der Waals surface area contributed by atoms with Crippen molar-refractivity contribution >= 4 is 38.7 Å². The van der Waals surface area contributed by atoms with Gasteiger partial charge in [0.05, 0.1) is 31.9 Å². The summed E-state index contributed by atoms with van der Waals surface area (Å²) in [6.07, 6.45) is 0. The summed E-state index contributed by atoms with van der Waals surface area (Å²) in [7, 11) is -3.52. The standard InChI is InChI=1S/C20H18N2O6S2/c1-12(2)30(27,28)21-16-10-11-29-19(16)14-8-6-13(7-9-14)18-15(20(23)24)4-3-5-17(18)22(25)26/h3-12,21H,1-2H3,(H,23,24). The molecule has 2 aromatic carbocycles. The molecule has 3 rings (SSSR count). The molecule has 1 heterocycles. The minimum absolute atomic E-state index is 0.0217. The summed E-state index contributed by atoms with van der Waals surface area (Å²) in [6, 6.07) is 12.1. The van der Waals surface area contributed by atoms with Crippen LogP contribution in [0, 0.1) is 10.1 Å². The first-order valence-electron chi connectivity index (χ1n) is 8.82. The zero-order valence-corrected chi connectivity index (χ0v) is 17.7. The average Bonchev–Trinajstić information content (AvgIpc) is 3.14. The van der Waals surface area contributed by atoms with Gasteiger partial charge in [0, 0.05) is 6.07 Å². The minimum Gasteiger partial charge on any atom is -0.478 e. The van der Waals surface area contributed by atoms with Gasteiger partial charge in [0.1, 0.15) is 0 Å². The second-order valence-electron chi connectivity index (χ2n) is 6.70. The molecular weight excluding hydrogens is 428 g/mol. The third-order valence-electron chi connectivity index (χ3n) is 4.44. The van der Waals surface area contributed by atoms with Gasteiger partial charge >= 0.3 is 5.97 Å². The van der Waals surface area contributed by atoms with Crippen molar-refractivity contribution < 1.29 is 23.2 Å². The average molecular weight is 447 g/mol. The Balaban J connectivity index is 2.04. The van der Waals surface area contributed by atoms with E-state index >= 15 is 0 Å². The SMILES string of the molecule is CC(C)S(=O)(=O)Nc1ccsc1-c1ccc(-c2c(C(=O)O)cccc2[N+](=O)[O-])cc1. The summed E-state index contributed by atoms with van der Waals surface area (Å²) in [5.41, 5.74) is 1.07. The number of benzene rings is 2. The number of sulfonamides is 1. The van der Waals surface area contributed by atoms with Gasteiger partial charge in [-0.25, -0.2) is 13.2 Å². The number of carboxylic acids is 1. The van der Waals surface area contributed by atoms with Gasteiger partial charge in [0.15, 0.2) is 0 Å². The van der Waals surface area contributed by atoms with Gasteiger partial charge in [-0.3, -0.25) is 14.8 Å². The van der Waals surface area contributed by atoms with Crippen molar-refractivity contribution in [2.24, 2.45) is 0 Å². The molecule has 0 aliphatic rings. The van der Waals surface area contributed by atoms with Gasteiger partial charge in [-0.15, -0.1) is 11.3 Å². The van der Waals surface area contributed by atoms with E-state index in [9.17, 15) is 28.4 Å². The predicted molar refractivity (Wildman–Crippen MR) is 116 cm³/mol. The Kier molecular flexibility index (Phi) is 5.90. The van der Waals surface area contributed by atoms with E-state index in [0.29, 0.717) is 21.7 Å². The Bertz CT molecular complexity index is 1180. The summed E-state index contributed by atoms with van der Waals surface area (Å²) < 4.78 is 27.0. The molecule has 0 amide bonds. The molecule has 2 N–H and O–H groups in total. The normalized spacial score (nSPS) is 11.4. The molecule has 0 spiro atoms. The zero-order valence-electron chi connectivity index (χ0n) is 16.0. The number of hydrogen-bond acceptors (Lipinski definition) is 6. The van der Waals surface area contributed by atoms with Crippen LogP contribution in [0.3, 0.4) is 0 Å². The Labute approximate surface area is 177 Å². The van der Waals surface area contributed by atoms with E-state index < -0.39 is 26.2 Å². The van der Waals surface area contributed by atoms with E-state index in [1.807, 2.05) is 0 Å². The molecule has 0 aliphatic carbocycles. The molecule has 0 bridgehead atoms. The summed E-state index contributed by atoms with van der Waals surface area (Å²) in [6.45, 7) is 3.16. The van der Waals surface area contributed by atoms with Crippen molar-refractivity contribution in [1.29, 1.82) is 0 Å². The van der Waals surface area contributed by atoms with Crippen LogP contribution in [0.25, 0.3) is 21.6 Å². The summed E-state index contributed by atoms with van der Waals surface area (Å²) in [5.74, 6) is -1.26. The van der Waals surface area contributed by atoms with Crippen LogP contribution in [0.2, 0.25) is 0 Å². The highest BCUT2D eigenvalue weighted by molar-refractivity contribution is 7.93. The Morgan fingerprint density at radius 2 is 1.73 bits per heavy atom. The highest BCUT2D eigenvalue weighted by atomic mass is 32.2. The van der Waals surface area contributed by atoms with Gasteiger partial charge in [0.2, 0.25) is 10.0 Å². The third kappa shape index (κ3) is 4.19. The summed E-state index contributed by atoms with van der Waals surface area (Å²) >= 11 is 1.34. The quantitative estimate of drug-likeness (QED) is 0.395. The second-order valence-corrected chi connectivity index (χ2v) is 9.85. The predicted octanol–water partition coefficient (Wildman–Crippen LogP) is 4.84. The molecule has 0 atom stereocenters. The first kappa shape index (κ1) is 21.5. The molecule has 30 heavy (non-hydrogen) atoms. The first-order chi connectivity index (χ1) is 14.1. The maximum Gasteiger partial charge on any atom is 0.336 e. The number of rotatable bonds is 7. The Morgan fingerprint density at radius 1 is 1.10 bits per heavy atom. The van der Waals surface area contributed by atoms with Crippen LogP contribution in [0.1, 0.15) is 24.2 Å². The van der Waals surface area contributed by atoms with Crippen molar-refractivity contribution in [3.8, 4) is 21.6 Å². The molecule has 0 saturated heterocycles. The van der Waals surface area contributed by atoms with E-state index in [1.165, 1.54) is 29.5 Å². The molecule has 1 aromatic heterocycles. The molecule has 0 radical (unpaired) electrons. The van der Waals surface area contributed by atoms with Crippen molar-refractivity contribution in [2.75, 3.05) is 4.72 Å². The molecule has 3 aromatic rings. The largest absolute Gasteiger partial charge is 0.478 e. The van der Waals surface area contributed by atoms with Gasteiger partial charge in [-0.1, -0.05) is 30.3 Å². The van der Waals surface area contributed by atoms with Crippen LogP contribution in [0.4, 0.5) is 11.4 Å². The van der Waals surface area contributed by atoms with E-state index in [1.54, 1.807) is 49.6 Å². The fourth-order valence-electron chi connectivity index (χ4n) is 2.85. The number of nitrogens with one attached hydrogen (secondary N) is 1. The number of aromatic carboxylic acids is 1. The van der Waals surface area contributed by atoms with E-state index in [2.05, 4.69) is 4.72 Å². The van der Waals surface area contributed by atoms with Crippen molar-refractivity contribution in [3.63, 3.8) is 0 Å². The fraction of sp³-hybridized carbons (Fsp3) is 0.150. The molecule has 0 saturated carbocycles. The van der Waals surface area contributed by atoms with Crippen molar-refractivity contribution in [2.45, 2.75) is 19.1 Å². The molecule has 0 unspecified atom stereocenters. The van der Waals surface area contributed by atoms with Crippen LogP contribution in [-0.4, -0.2) is 29.7 Å². The maximum absolute atomic E-state index is 12.2. The number of hydrogen-bond donors (Lipinski definition) is 2. The smallest absolute Gasteiger partial charge is 0.336 e. The molecule has 8 nitrogen and oxygen atoms in total. The lowest BCUT2D eigenvalue weighted by Gasteiger charge is -2.12. The first-order valence-corrected chi connectivity index (χ1v) is 11.2. The zero-order chi connectivity index (χ0) is 22.1. The lowest BCUT2D eigenvalue weighted by molar-refractivity contribution is -0.384. The van der Waals surface area contributed by atoms with Crippen LogP contribution >= 0.6 is 11.3 Å². The van der Waals surface area contributed by atoms with Gasteiger partial charge in [0.25, 0.3) is 5.69 Å². The van der Waals surface area contributed by atoms with Crippen molar-refractivity contribution in [1.82, 2.24) is 0 Å². The molecule has 0 fully saturated rings. The summed E-state index contributed by atoms with van der Waals surface area (Å²) in [4.78, 5) is 23.0. The van der Waals surface area contributed by atoms with E-state index in [-0.39, 0.29) is 16.8 Å². The fourth-order valence-corrected chi connectivity index (χ4v) is 4.48. The number of thiophene rings is 1. The second kappa shape index (κ2) is 8.25. The number of carbonyl (C=O) groups is 1. The van der Waals surface area contributed by atoms with Gasteiger partial charge in [-0.2, -0.15) is 0 Å². The lowest BCUT2D eigenvalue weighted by atomic mass is 9.96. The lowest BCUT2D eigenvalue weighted by Crippen LogP contribution is -2.22.